The van der Waals surface area contributed by atoms with E-state index in [1.165, 1.54) is 62.0 Å². The summed E-state index contributed by atoms with van der Waals surface area (Å²) in [5.74, 6) is -2.96. The molecule has 1 fully saturated rings. The van der Waals surface area contributed by atoms with Crippen LogP contribution in [0.5, 0.6) is 11.5 Å². The summed E-state index contributed by atoms with van der Waals surface area (Å²) in [7, 11) is 2.61. The monoisotopic (exact) mass is 424 g/mol. The predicted octanol–water partition coefficient (Wildman–Crippen LogP) is 2.81. The summed E-state index contributed by atoms with van der Waals surface area (Å²) >= 11 is 0. The van der Waals surface area contributed by atoms with Crippen LogP contribution >= 0.6 is 0 Å². The van der Waals surface area contributed by atoms with Crippen LogP contribution in [0.25, 0.3) is 0 Å². The molecule has 2 amide bonds. The number of carbonyl (C=O) groups excluding carboxylic acids is 2. The molecule has 0 radical (unpaired) electrons. The second kappa shape index (κ2) is 7.86. The number of rotatable bonds is 5. The van der Waals surface area contributed by atoms with Gasteiger partial charge < -0.3 is 25.2 Å². The number of alkyl halides is 3. The van der Waals surface area contributed by atoms with E-state index in [1.54, 1.807) is 6.07 Å². The number of nitrogens with one attached hydrogen (secondary N) is 2. The van der Waals surface area contributed by atoms with Crippen LogP contribution in [0.4, 0.5) is 18.0 Å². The molecule has 0 unspecified atom stereocenters. The molecule has 160 valence electrons. The molecular formula is C20H19F3N2O5. The number of ether oxygens (including phenoxy) is 2. The van der Waals surface area contributed by atoms with Crippen molar-refractivity contribution in [2.45, 2.75) is 17.9 Å². The van der Waals surface area contributed by atoms with Gasteiger partial charge in [-0.25, -0.2) is 4.79 Å². The Balaban J connectivity index is 2.24. The minimum atomic E-state index is -5.34. The molecule has 0 saturated carbocycles. The van der Waals surface area contributed by atoms with Crippen LogP contribution in [0.2, 0.25) is 0 Å². The van der Waals surface area contributed by atoms with Crippen molar-refractivity contribution in [3.63, 3.8) is 0 Å². The summed E-state index contributed by atoms with van der Waals surface area (Å²) in [6, 6.07) is 8.73. The fraction of sp³-hybridized carbons (Fsp3) is 0.300. The second-order valence-corrected chi connectivity index (χ2v) is 6.63. The second-order valence-electron chi connectivity index (χ2n) is 6.63. The number of amides is 2. The van der Waals surface area contributed by atoms with Gasteiger partial charge in [-0.3, -0.25) is 4.79 Å². The van der Waals surface area contributed by atoms with Gasteiger partial charge in [-0.1, -0.05) is 42.5 Å². The molecule has 0 bridgehead atoms. The summed E-state index contributed by atoms with van der Waals surface area (Å²) in [5.41, 5.74) is -3.83. The highest BCUT2D eigenvalue weighted by Crippen LogP contribution is 2.47. The van der Waals surface area contributed by atoms with Crippen LogP contribution in [-0.2, 0) is 0 Å². The van der Waals surface area contributed by atoms with E-state index in [0.29, 0.717) is 0 Å². The van der Waals surface area contributed by atoms with Gasteiger partial charge >= 0.3 is 12.2 Å². The standard InChI is InChI=1S/C20H19F3N2O5/c1-29-13-10-6-9-12(17(13)30-2)15-14(16(26)11-7-4-3-5-8-11)19(28,20(21,22)23)25-18(27)24-15/h3-10,14-15,28H,1-2H3,(H2,24,25,27)/t14-,15+,19-/m1/s1. The lowest BCUT2D eigenvalue weighted by atomic mass is 9.77. The molecule has 0 spiro atoms. The Morgan fingerprint density at radius 2 is 1.73 bits per heavy atom. The molecule has 2 aromatic carbocycles. The molecular weight excluding hydrogens is 405 g/mol. The first-order chi connectivity index (χ1) is 14.1. The maximum absolute atomic E-state index is 13.9. The number of hydrogen-bond donors (Lipinski definition) is 3. The number of Topliss-reactive ketones (excluding diaryl/α,β-unsaturated/α-hetero) is 1. The maximum atomic E-state index is 13.9. The summed E-state index contributed by atoms with van der Waals surface area (Å²) < 4.78 is 52.3. The van der Waals surface area contributed by atoms with Gasteiger partial charge in [0.05, 0.1) is 20.3 Å². The van der Waals surface area contributed by atoms with Crippen LogP contribution in [-0.4, -0.2) is 43.0 Å². The number of carbonyl (C=O) groups is 2. The van der Waals surface area contributed by atoms with E-state index in [4.69, 9.17) is 9.47 Å². The minimum Gasteiger partial charge on any atom is -0.493 e. The number of halogens is 3. The van der Waals surface area contributed by atoms with E-state index in [2.05, 4.69) is 5.32 Å². The SMILES string of the molecule is COc1cccc([C@@H]2NC(=O)N[C@](O)(C(F)(F)F)[C@H]2C(=O)c2ccccc2)c1OC. The topological polar surface area (TPSA) is 96.9 Å². The summed E-state index contributed by atoms with van der Waals surface area (Å²) in [5, 5.41) is 14.4. The summed E-state index contributed by atoms with van der Waals surface area (Å²) in [4.78, 5) is 25.3. The molecule has 10 heteroatoms. The van der Waals surface area contributed by atoms with Crippen molar-refractivity contribution in [3.05, 3.63) is 59.7 Å². The van der Waals surface area contributed by atoms with Gasteiger partial charge in [0.1, 0.15) is 5.92 Å². The van der Waals surface area contributed by atoms with Crippen molar-refractivity contribution in [2.75, 3.05) is 14.2 Å². The van der Waals surface area contributed by atoms with E-state index in [9.17, 15) is 27.9 Å². The minimum absolute atomic E-state index is 0.0302. The Morgan fingerprint density at radius 3 is 2.30 bits per heavy atom. The molecule has 1 aliphatic rings. The van der Waals surface area contributed by atoms with Crippen LogP contribution in [0.3, 0.4) is 0 Å². The first-order valence-corrected chi connectivity index (χ1v) is 8.82. The fourth-order valence-corrected chi connectivity index (χ4v) is 3.54. The molecule has 1 saturated heterocycles. The van der Waals surface area contributed by atoms with Gasteiger partial charge in [-0.05, 0) is 6.07 Å². The predicted molar refractivity (Wildman–Crippen MR) is 99.2 cm³/mol. The van der Waals surface area contributed by atoms with Gasteiger partial charge in [-0.15, -0.1) is 0 Å². The Bertz CT molecular complexity index is 951. The van der Waals surface area contributed by atoms with Crippen LogP contribution < -0.4 is 20.1 Å². The highest BCUT2D eigenvalue weighted by molar-refractivity contribution is 6.00. The van der Waals surface area contributed by atoms with Crippen molar-refractivity contribution >= 4 is 11.8 Å². The number of hydrogen-bond acceptors (Lipinski definition) is 5. The van der Waals surface area contributed by atoms with Gasteiger partial charge in [0.25, 0.3) is 0 Å². The molecule has 3 rings (SSSR count). The number of benzene rings is 2. The van der Waals surface area contributed by atoms with E-state index in [0.717, 1.165) is 0 Å². The Morgan fingerprint density at radius 1 is 1.07 bits per heavy atom. The van der Waals surface area contributed by atoms with Gasteiger partial charge in [0.15, 0.2) is 17.3 Å². The quantitative estimate of drug-likeness (QED) is 0.642. The number of aliphatic hydroxyl groups is 1. The number of para-hydroxylation sites is 1. The Labute approximate surface area is 169 Å². The third kappa shape index (κ3) is 3.54. The number of methoxy groups -OCH3 is 2. The van der Waals surface area contributed by atoms with E-state index in [1.807, 2.05) is 0 Å². The average Bonchev–Trinajstić information content (AvgIpc) is 2.71. The molecule has 7 nitrogen and oxygen atoms in total. The van der Waals surface area contributed by atoms with Gasteiger partial charge in [-0.2, -0.15) is 13.2 Å². The zero-order valence-electron chi connectivity index (χ0n) is 16.0. The Kier molecular flexibility index (Phi) is 5.62. The van der Waals surface area contributed by atoms with Crippen molar-refractivity contribution in [1.82, 2.24) is 10.6 Å². The van der Waals surface area contributed by atoms with Crippen molar-refractivity contribution in [3.8, 4) is 11.5 Å². The molecule has 2 aromatic rings. The van der Waals surface area contributed by atoms with Crippen LogP contribution in [0.1, 0.15) is 22.0 Å². The Hall–Kier alpha value is -3.27. The maximum Gasteiger partial charge on any atom is 0.437 e. The van der Waals surface area contributed by atoms with Crippen molar-refractivity contribution < 1.29 is 37.3 Å². The summed E-state index contributed by atoms with van der Waals surface area (Å²) in [6.45, 7) is 0. The van der Waals surface area contributed by atoms with Gasteiger partial charge in [0, 0.05) is 11.1 Å². The number of ketones is 1. The normalized spacial score (nSPS) is 23.9. The smallest absolute Gasteiger partial charge is 0.437 e. The highest BCUT2D eigenvalue weighted by atomic mass is 19.4. The number of urea groups is 1. The van der Waals surface area contributed by atoms with Crippen molar-refractivity contribution in [2.24, 2.45) is 5.92 Å². The zero-order chi connectivity index (χ0) is 22.1. The largest absolute Gasteiger partial charge is 0.493 e. The third-order valence-electron chi connectivity index (χ3n) is 4.92. The zero-order valence-corrected chi connectivity index (χ0v) is 16.0. The molecule has 1 aliphatic heterocycles. The van der Waals surface area contributed by atoms with Crippen LogP contribution in [0.15, 0.2) is 48.5 Å². The molecule has 0 aromatic heterocycles. The lowest BCUT2D eigenvalue weighted by Gasteiger charge is -2.45. The molecule has 30 heavy (non-hydrogen) atoms. The fourth-order valence-electron chi connectivity index (χ4n) is 3.54. The lowest BCUT2D eigenvalue weighted by Crippen LogP contribution is -2.72. The molecule has 1 heterocycles. The molecule has 3 atom stereocenters. The average molecular weight is 424 g/mol. The van der Waals surface area contributed by atoms with E-state index < -0.39 is 35.7 Å². The van der Waals surface area contributed by atoms with E-state index in [-0.39, 0.29) is 22.6 Å². The summed E-state index contributed by atoms with van der Waals surface area (Å²) in [6.07, 6.45) is -5.34. The van der Waals surface area contributed by atoms with Crippen molar-refractivity contribution in [1.29, 1.82) is 0 Å². The molecule has 0 aliphatic carbocycles. The van der Waals surface area contributed by atoms with Crippen LogP contribution in [0, 0.1) is 5.92 Å². The third-order valence-corrected chi connectivity index (χ3v) is 4.92. The first-order valence-electron chi connectivity index (χ1n) is 8.82. The van der Waals surface area contributed by atoms with Gasteiger partial charge in [0.2, 0.25) is 5.72 Å². The highest BCUT2D eigenvalue weighted by Gasteiger charge is 2.66. The molecule has 3 N–H and O–H groups in total. The lowest BCUT2D eigenvalue weighted by molar-refractivity contribution is -0.287. The first kappa shape index (κ1) is 21.4. The van der Waals surface area contributed by atoms with E-state index >= 15 is 0 Å².